The van der Waals surface area contributed by atoms with E-state index in [4.69, 9.17) is 5.11 Å². The van der Waals surface area contributed by atoms with Crippen LogP contribution in [0.2, 0.25) is 0 Å². The maximum Gasteiger partial charge on any atom is 0.328 e. The summed E-state index contributed by atoms with van der Waals surface area (Å²) in [6, 6.07) is 6.54. The third-order valence-corrected chi connectivity index (χ3v) is 4.38. The van der Waals surface area contributed by atoms with Crippen molar-refractivity contribution in [2.45, 2.75) is 19.5 Å². The fraction of sp³-hybridized carbons (Fsp3) is 0.412. The summed E-state index contributed by atoms with van der Waals surface area (Å²) in [6.07, 6.45) is 3.24. The molecule has 3 heterocycles. The Labute approximate surface area is 145 Å². The van der Waals surface area contributed by atoms with Gasteiger partial charge in [0, 0.05) is 45.1 Å². The molecule has 0 radical (unpaired) electrons. The van der Waals surface area contributed by atoms with Crippen molar-refractivity contribution in [3.05, 3.63) is 48.0 Å². The minimum absolute atomic E-state index is 0.178. The lowest BCUT2D eigenvalue weighted by molar-refractivity contribution is -0.140. The van der Waals surface area contributed by atoms with Crippen molar-refractivity contribution in [3.8, 4) is 0 Å². The molecule has 8 heteroatoms. The van der Waals surface area contributed by atoms with Gasteiger partial charge in [0.15, 0.2) is 0 Å². The number of nitrogens with zero attached hydrogens (tertiary/aromatic N) is 5. The zero-order valence-electron chi connectivity index (χ0n) is 14.1. The first-order valence-corrected chi connectivity index (χ1v) is 8.24. The predicted octanol–water partition coefficient (Wildman–Crippen LogP) is 0.882. The SMILES string of the molecule is CC(C(=O)O)n1nccc1C(=O)N1CCN(Cc2ccccn2)CC1. The molecule has 132 valence electrons. The molecule has 2 aromatic rings. The maximum atomic E-state index is 12.7. The van der Waals surface area contributed by atoms with Crippen molar-refractivity contribution < 1.29 is 14.7 Å². The zero-order chi connectivity index (χ0) is 17.8. The van der Waals surface area contributed by atoms with Gasteiger partial charge in [0.1, 0.15) is 11.7 Å². The third-order valence-electron chi connectivity index (χ3n) is 4.38. The molecule has 0 spiro atoms. The number of aliphatic carboxylic acids is 1. The van der Waals surface area contributed by atoms with Gasteiger partial charge in [-0.2, -0.15) is 5.10 Å². The lowest BCUT2D eigenvalue weighted by Gasteiger charge is -2.34. The van der Waals surface area contributed by atoms with E-state index >= 15 is 0 Å². The summed E-state index contributed by atoms with van der Waals surface area (Å²) in [5.74, 6) is -1.19. The molecule has 1 amide bonds. The molecule has 0 bridgehead atoms. The number of pyridine rings is 1. The monoisotopic (exact) mass is 343 g/mol. The van der Waals surface area contributed by atoms with Crippen LogP contribution in [0.1, 0.15) is 29.1 Å². The van der Waals surface area contributed by atoms with Crippen LogP contribution in [0.5, 0.6) is 0 Å². The Morgan fingerprint density at radius 2 is 1.92 bits per heavy atom. The molecular formula is C17H21N5O3. The molecule has 1 N–H and O–H groups in total. The predicted molar refractivity (Wildman–Crippen MR) is 90.0 cm³/mol. The molecule has 0 aromatic carbocycles. The van der Waals surface area contributed by atoms with Gasteiger partial charge in [0.05, 0.1) is 5.69 Å². The van der Waals surface area contributed by atoms with Gasteiger partial charge >= 0.3 is 5.97 Å². The van der Waals surface area contributed by atoms with Crippen molar-refractivity contribution in [1.29, 1.82) is 0 Å². The Morgan fingerprint density at radius 3 is 2.56 bits per heavy atom. The topological polar surface area (TPSA) is 91.6 Å². The van der Waals surface area contributed by atoms with Crippen molar-refractivity contribution in [2.24, 2.45) is 0 Å². The zero-order valence-corrected chi connectivity index (χ0v) is 14.1. The number of piperazine rings is 1. The van der Waals surface area contributed by atoms with Gasteiger partial charge in [-0.15, -0.1) is 0 Å². The first kappa shape index (κ1) is 17.1. The molecule has 3 rings (SSSR count). The van der Waals surface area contributed by atoms with E-state index < -0.39 is 12.0 Å². The standard InChI is InChI=1S/C17H21N5O3/c1-13(17(24)25)22-15(5-7-19-22)16(23)21-10-8-20(9-11-21)12-14-4-2-3-6-18-14/h2-7,13H,8-12H2,1H3,(H,24,25). The van der Waals surface area contributed by atoms with E-state index in [0.717, 1.165) is 25.3 Å². The molecule has 1 aliphatic heterocycles. The highest BCUT2D eigenvalue weighted by Gasteiger charge is 2.27. The minimum atomic E-state index is -1.02. The third kappa shape index (κ3) is 3.85. The Morgan fingerprint density at radius 1 is 1.16 bits per heavy atom. The van der Waals surface area contributed by atoms with Crippen LogP contribution < -0.4 is 0 Å². The van der Waals surface area contributed by atoms with E-state index in [9.17, 15) is 9.59 Å². The molecule has 8 nitrogen and oxygen atoms in total. The van der Waals surface area contributed by atoms with E-state index in [1.807, 2.05) is 18.2 Å². The molecule has 1 saturated heterocycles. The average Bonchev–Trinajstić information content (AvgIpc) is 3.11. The van der Waals surface area contributed by atoms with E-state index in [2.05, 4.69) is 15.0 Å². The molecule has 1 unspecified atom stereocenters. The minimum Gasteiger partial charge on any atom is -0.480 e. The number of amides is 1. The van der Waals surface area contributed by atoms with E-state index in [1.165, 1.54) is 17.8 Å². The maximum absolute atomic E-state index is 12.7. The van der Waals surface area contributed by atoms with Crippen molar-refractivity contribution in [3.63, 3.8) is 0 Å². The second-order valence-electron chi connectivity index (χ2n) is 6.06. The smallest absolute Gasteiger partial charge is 0.328 e. The normalized spacial score (nSPS) is 16.6. The molecule has 1 atom stereocenters. The summed E-state index contributed by atoms with van der Waals surface area (Å²) in [5.41, 5.74) is 1.32. The number of carboxylic acids is 1. The first-order valence-electron chi connectivity index (χ1n) is 8.24. The number of rotatable bonds is 5. The van der Waals surface area contributed by atoms with Crippen LogP contribution in [0.15, 0.2) is 36.7 Å². The van der Waals surface area contributed by atoms with Gasteiger partial charge in [0.2, 0.25) is 0 Å². The van der Waals surface area contributed by atoms with Crippen LogP contribution in [0.3, 0.4) is 0 Å². The van der Waals surface area contributed by atoms with E-state index in [0.29, 0.717) is 18.8 Å². The van der Waals surface area contributed by atoms with E-state index in [1.54, 1.807) is 17.2 Å². The Kier molecular flexibility index (Phi) is 5.08. The summed E-state index contributed by atoms with van der Waals surface area (Å²) in [5, 5.41) is 13.1. The van der Waals surface area contributed by atoms with Crippen molar-refractivity contribution in [1.82, 2.24) is 24.6 Å². The largest absolute Gasteiger partial charge is 0.480 e. The summed E-state index contributed by atoms with van der Waals surface area (Å²) in [7, 11) is 0. The molecule has 2 aromatic heterocycles. The average molecular weight is 343 g/mol. The van der Waals surface area contributed by atoms with E-state index in [-0.39, 0.29) is 5.91 Å². The summed E-state index contributed by atoms with van der Waals surface area (Å²) >= 11 is 0. The highest BCUT2D eigenvalue weighted by Crippen LogP contribution is 2.14. The first-order chi connectivity index (χ1) is 12.1. The summed E-state index contributed by atoms with van der Waals surface area (Å²) in [6.45, 7) is 4.97. The fourth-order valence-corrected chi connectivity index (χ4v) is 2.89. The van der Waals surface area contributed by atoms with Crippen molar-refractivity contribution >= 4 is 11.9 Å². The van der Waals surface area contributed by atoms with Crippen LogP contribution in [-0.2, 0) is 11.3 Å². The number of hydrogen-bond acceptors (Lipinski definition) is 5. The lowest BCUT2D eigenvalue weighted by atomic mass is 10.2. The van der Waals surface area contributed by atoms with Crippen LogP contribution in [0, 0.1) is 0 Å². The van der Waals surface area contributed by atoms with Crippen LogP contribution >= 0.6 is 0 Å². The number of aromatic nitrogens is 3. The number of carbonyl (C=O) groups is 2. The second kappa shape index (κ2) is 7.43. The quantitative estimate of drug-likeness (QED) is 0.867. The van der Waals surface area contributed by atoms with Gasteiger partial charge in [-0.25, -0.2) is 9.48 Å². The number of hydrogen-bond donors (Lipinski definition) is 1. The summed E-state index contributed by atoms with van der Waals surface area (Å²) < 4.78 is 1.27. The van der Waals surface area contributed by atoms with Gasteiger partial charge in [-0.3, -0.25) is 14.7 Å². The molecular weight excluding hydrogens is 322 g/mol. The summed E-state index contributed by atoms with van der Waals surface area (Å²) in [4.78, 5) is 32.2. The lowest BCUT2D eigenvalue weighted by Crippen LogP contribution is -2.48. The number of carboxylic acid groups (broad SMARTS) is 1. The van der Waals surface area contributed by atoms with Crippen LogP contribution in [0.25, 0.3) is 0 Å². The highest BCUT2D eigenvalue weighted by atomic mass is 16.4. The molecule has 1 aliphatic rings. The Hall–Kier alpha value is -2.74. The van der Waals surface area contributed by atoms with Crippen LogP contribution in [0.4, 0.5) is 0 Å². The Balaban J connectivity index is 1.61. The van der Waals surface area contributed by atoms with Gasteiger partial charge in [-0.1, -0.05) is 6.07 Å². The second-order valence-corrected chi connectivity index (χ2v) is 6.06. The Bertz CT molecular complexity index is 738. The van der Waals surface area contributed by atoms with Gasteiger partial charge < -0.3 is 10.0 Å². The molecule has 0 aliphatic carbocycles. The van der Waals surface area contributed by atoms with Crippen LogP contribution in [-0.4, -0.2) is 67.7 Å². The highest BCUT2D eigenvalue weighted by molar-refractivity contribution is 5.93. The molecule has 25 heavy (non-hydrogen) atoms. The molecule has 0 saturated carbocycles. The van der Waals surface area contributed by atoms with Gasteiger partial charge in [-0.05, 0) is 25.1 Å². The number of carbonyl (C=O) groups excluding carboxylic acids is 1. The molecule has 1 fully saturated rings. The fourth-order valence-electron chi connectivity index (χ4n) is 2.89. The van der Waals surface area contributed by atoms with Gasteiger partial charge in [0.25, 0.3) is 5.91 Å². The van der Waals surface area contributed by atoms with Crippen molar-refractivity contribution in [2.75, 3.05) is 26.2 Å².